The molecule has 2 aliphatic heterocycles. The minimum absolute atomic E-state index is 0.202. The molecule has 0 unspecified atom stereocenters. The number of rotatable bonds is 4. The van der Waals surface area contributed by atoms with Crippen molar-refractivity contribution in [3.63, 3.8) is 0 Å². The van der Waals surface area contributed by atoms with Gasteiger partial charge in [-0.15, -0.1) is 0 Å². The summed E-state index contributed by atoms with van der Waals surface area (Å²) in [6.45, 7) is 1.21. The minimum atomic E-state index is -0.541. The van der Waals surface area contributed by atoms with Crippen LogP contribution in [-0.2, 0) is 17.8 Å². The van der Waals surface area contributed by atoms with E-state index in [0.29, 0.717) is 18.7 Å². The highest BCUT2D eigenvalue weighted by atomic mass is 16.2. The highest BCUT2D eigenvalue weighted by Gasteiger charge is 2.36. The average molecular weight is 302 g/mol. The monoisotopic (exact) mass is 302 g/mol. The number of hydrazine groups is 1. The molecule has 2 aliphatic rings. The molecule has 0 aliphatic carbocycles. The number of urea groups is 1. The fourth-order valence-electron chi connectivity index (χ4n) is 2.80. The number of hydrogen-bond donors (Lipinski definition) is 2. The maximum absolute atomic E-state index is 12.4. The van der Waals surface area contributed by atoms with E-state index in [0.717, 1.165) is 24.0 Å². The van der Waals surface area contributed by atoms with Crippen LogP contribution in [0.1, 0.15) is 34.3 Å². The van der Waals surface area contributed by atoms with Gasteiger partial charge < -0.3 is 5.73 Å². The van der Waals surface area contributed by atoms with Crippen LogP contribution in [0.3, 0.4) is 0 Å². The quantitative estimate of drug-likeness (QED) is 0.841. The predicted octanol–water partition coefficient (Wildman–Crippen LogP) is 0.391. The molecule has 0 saturated carbocycles. The van der Waals surface area contributed by atoms with E-state index in [1.807, 2.05) is 12.1 Å². The molecule has 0 bridgehead atoms. The van der Waals surface area contributed by atoms with Crippen LogP contribution in [0, 0.1) is 0 Å². The number of aryl methyl sites for hydroxylation is 1. The zero-order valence-corrected chi connectivity index (χ0v) is 12.2. The first-order valence-corrected chi connectivity index (χ1v) is 7.35. The van der Waals surface area contributed by atoms with Gasteiger partial charge in [-0.25, -0.2) is 14.8 Å². The lowest BCUT2D eigenvalue weighted by atomic mass is 10.0. The van der Waals surface area contributed by atoms with Crippen molar-refractivity contribution in [1.82, 2.24) is 15.3 Å². The average Bonchev–Trinajstić information content (AvgIpc) is 2.82. The van der Waals surface area contributed by atoms with Crippen molar-refractivity contribution in [2.75, 3.05) is 13.1 Å². The molecule has 7 nitrogen and oxygen atoms in total. The Kier molecular flexibility index (Phi) is 3.81. The molecule has 0 atom stereocenters. The number of carbonyl (C=O) groups is 3. The Bertz CT molecular complexity index is 644. The summed E-state index contributed by atoms with van der Waals surface area (Å²) in [5.41, 5.74) is 8.17. The number of nitrogens with zero attached hydrogens (tertiary/aromatic N) is 2. The molecule has 1 aromatic carbocycles. The van der Waals surface area contributed by atoms with Crippen LogP contribution < -0.4 is 11.1 Å². The van der Waals surface area contributed by atoms with Crippen molar-refractivity contribution < 1.29 is 14.4 Å². The topological polar surface area (TPSA) is 95.7 Å². The lowest BCUT2D eigenvalue weighted by molar-refractivity contribution is -0.123. The SMILES string of the molecule is NCCCc1ccc2c(c1)CN(N1CCC(=O)NC1=O)C2=O. The van der Waals surface area contributed by atoms with E-state index in [4.69, 9.17) is 5.73 Å². The summed E-state index contributed by atoms with van der Waals surface area (Å²) in [5.74, 6) is -0.514. The summed E-state index contributed by atoms with van der Waals surface area (Å²) in [7, 11) is 0. The van der Waals surface area contributed by atoms with Gasteiger partial charge in [-0.05, 0) is 36.6 Å². The summed E-state index contributed by atoms with van der Waals surface area (Å²) in [6, 6.07) is 5.18. The third-order valence-electron chi connectivity index (χ3n) is 3.95. The molecule has 0 radical (unpaired) electrons. The molecule has 4 amide bonds. The largest absolute Gasteiger partial charge is 0.342 e. The van der Waals surface area contributed by atoms with Gasteiger partial charge in [0.1, 0.15) is 0 Å². The summed E-state index contributed by atoms with van der Waals surface area (Å²) in [6.07, 6.45) is 1.97. The zero-order chi connectivity index (χ0) is 15.7. The lowest BCUT2D eigenvalue weighted by Gasteiger charge is -2.33. The van der Waals surface area contributed by atoms with Crippen LogP contribution in [0.4, 0.5) is 4.79 Å². The van der Waals surface area contributed by atoms with Crippen LogP contribution >= 0.6 is 0 Å². The standard InChI is InChI=1S/C15H18N4O3/c16-6-1-2-10-3-4-12-11(8-10)9-19(14(12)21)18-7-5-13(20)17-15(18)22/h3-4,8H,1-2,5-7,9,16H2,(H,17,20,22). The second kappa shape index (κ2) is 5.76. The van der Waals surface area contributed by atoms with Crippen LogP contribution in [-0.4, -0.2) is 41.0 Å². The van der Waals surface area contributed by atoms with Crippen molar-refractivity contribution in [2.24, 2.45) is 5.73 Å². The summed E-state index contributed by atoms with van der Waals surface area (Å²) >= 11 is 0. The Hall–Kier alpha value is -2.41. The fourth-order valence-corrected chi connectivity index (χ4v) is 2.80. The first-order valence-electron chi connectivity index (χ1n) is 7.35. The number of nitrogens with one attached hydrogen (secondary N) is 1. The normalized spacial score (nSPS) is 17.8. The molecule has 7 heteroatoms. The highest BCUT2D eigenvalue weighted by molar-refractivity contribution is 6.01. The third-order valence-corrected chi connectivity index (χ3v) is 3.95. The maximum Gasteiger partial charge on any atom is 0.342 e. The molecule has 3 N–H and O–H groups in total. The third kappa shape index (κ3) is 2.55. The minimum Gasteiger partial charge on any atom is -0.330 e. The molecule has 1 saturated heterocycles. The van der Waals surface area contributed by atoms with E-state index in [9.17, 15) is 14.4 Å². The van der Waals surface area contributed by atoms with Crippen molar-refractivity contribution in [3.05, 3.63) is 34.9 Å². The molecular weight excluding hydrogens is 284 g/mol. The molecule has 2 heterocycles. The molecule has 1 fully saturated rings. The van der Waals surface area contributed by atoms with Crippen LogP contribution in [0.15, 0.2) is 18.2 Å². The van der Waals surface area contributed by atoms with E-state index in [1.165, 1.54) is 10.0 Å². The van der Waals surface area contributed by atoms with Gasteiger partial charge in [-0.3, -0.25) is 14.9 Å². The summed E-state index contributed by atoms with van der Waals surface area (Å²) in [5, 5.41) is 4.94. The van der Waals surface area contributed by atoms with Gasteiger partial charge in [0.15, 0.2) is 0 Å². The first kappa shape index (κ1) is 14.5. The van der Waals surface area contributed by atoms with E-state index >= 15 is 0 Å². The second-order valence-corrected chi connectivity index (χ2v) is 5.47. The number of hydrogen-bond acceptors (Lipinski definition) is 4. The lowest BCUT2D eigenvalue weighted by Crippen LogP contribution is -2.56. The van der Waals surface area contributed by atoms with E-state index in [1.54, 1.807) is 6.07 Å². The van der Waals surface area contributed by atoms with Gasteiger partial charge in [0.2, 0.25) is 5.91 Å². The van der Waals surface area contributed by atoms with Crippen LogP contribution in [0.2, 0.25) is 0 Å². The Labute approximate surface area is 128 Å². The van der Waals surface area contributed by atoms with Gasteiger partial charge in [0.25, 0.3) is 5.91 Å². The van der Waals surface area contributed by atoms with Crippen LogP contribution in [0.25, 0.3) is 0 Å². The number of benzene rings is 1. The first-order chi connectivity index (χ1) is 10.6. The number of fused-ring (bicyclic) bond motifs is 1. The van der Waals surface area contributed by atoms with Crippen molar-refractivity contribution >= 4 is 17.8 Å². The Morgan fingerprint density at radius 1 is 1.18 bits per heavy atom. The van der Waals surface area contributed by atoms with E-state index < -0.39 is 6.03 Å². The Balaban J connectivity index is 1.78. The predicted molar refractivity (Wildman–Crippen MR) is 78.6 cm³/mol. The number of nitrogens with two attached hydrogens (primary N) is 1. The fraction of sp³-hybridized carbons (Fsp3) is 0.400. The van der Waals surface area contributed by atoms with Gasteiger partial charge in [-0.1, -0.05) is 12.1 Å². The Morgan fingerprint density at radius 3 is 2.73 bits per heavy atom. The smallest absolute Gasteiger partial charge is 0.330 e. The summed E-state index contributed by atoms with van der Waals surface area (Å²) < 4.78 is 0. The number of imide groups is 1. The summed E-state index contributed by atoms with van der Waals surface area (Å²) in [4.78, 5) is 35.5. The molecule has 0 aromatic heterocycles. The van der Waals surface area contributed by atoms with Crippen molar-refractivity contribution in [2.45, 2.75) is 25.8 Å². The van der Waals surface area contributed by atoms with Gasteiger partial charge in [-0.2, -0.15) is 0 Å². The van der Waals surface area contributed by atoms with Gasteiger partial charge in [0.05, 0.1) is 13.1 Å². The number of amides is 4. The van der Waals surface area contributed by atoms with Gasteiger partial charge >= 0.3 is 6.03 Å². The van der Waals surface area contributed by atoms with Crippen molar-refractivity contribution in [1.29, 1.82) is 0 Å². The maximum atomic E-state index is 12.4. The molecule has 3 rings (SSSR count). The zero-order valence-electron chi connectivity index (χ0n) is 12.2. The molecular formula is C15H18N4O3. The molecule has 22 heavy (non-hydrogen) atoms. The molecule has 116 valence electrons. The van der Waals surface area contributed by atoms with Crippen molar-refractivity contribution in [3.8, 4) is 0 Å². The molecule has 1 aromatic rings. The second-order valence-electron chi connectivity index (χ2n) is 5.47. The van der Waals surface area contributed by atoms with E-state index in [2.05, 4.69) is 5.32 Å². The number of carbonyl (C=O) groups excluding carboxylic acids is 3. The molecule has 0 spiro atoms. The Morgan fingerprint density at radius 2 is 2.00 bits per heavy atom. The van der Waals surface area contributed by atoms with E-state index in [-0.39, 0.29) is 24.8 Å². The van der Waals surface area contributed by atoms with Gasteiger partial charge in [0, 0.05) is 12.0 Å². The van der Waals surface area contributed by atoms with Crippen LogP contribution in [0.5, 0.6) is 0 Å². The highest BCUT2D eigenvalue weighted by Crippen LogP contribution is 2.26.